The maximum Gasteiger partial charge on any atom is 0.125 e. The summed E-state index contributed by atoms with van der Waals surface area (Å²) in [5, 5.41) is 8.67. The molecule has 0 fully saturated rings. The molecule has 0 aromatic heterocycles. The number of hydrogen-bond acceptors (Lipinski definition) is 3. The van der Waals surface area contributed by atoms with Gasteiger partial charge in [-0.05, 0) is 38.3 Å². The lowest BCUT2D eigenvalue weighted by molar-refractivity contribution is 0.265. The number of hydrogen-bond donors (Lipinski definition) is 2. The zero-order valence-electron chi connectivity index (χ0n) is 10.2. The molecule has 0 aliphatic heterocycles. The summed E-state index contributed by atoms with van der Waals surface area (Å²) in [4.78, 5) is 0. The molecule has 1 aromatic carbocycles. The Bertz CT molecular complexity index is 342. The zero-order chi connectivity index (χ0) is 12.7. The molecule has 1 rings (SSSR count). The van der Waals surface area contributed by atoms with E-state index in [0.29, 0.717) is 6.61 Å². The summed E-state index contributed by atoms with van der Waals surface area (Å²) in [6.45, 7) is 2.86. The van der Waals surface area contributed by atoms with Crippen molar-refractivity contribution in [3.63, 3.8) is 0 Å². The monoisotopic (exact) mass is 301 g/mol. The van der Waals surface area contributed by atoms with Crippen LogP contribution in [0.4, 0.5) is 0 Å². The summed E-state index contributed by atoms with van der Waals surface area (Å²) in [6, 6.07) is 5.87. The highest BCUT2D eigenvalue weighted by molar-refractivity contribution is 9.10. The van der Waals surface area contributed by atoms with Crippen LogP contribution in [0.15, 0.2) is 22.7 Å². The third-order valence-electron chi connectivity index (χ3n) is 2.53. The van der Waals surface area contributed by atoms with Crippen LogP contribution in [-0.2, 0) is 0 Å². The Hall–Kier alpha value is -0.580. The first-order valence-electron chi connectivity index (χ1n) is 5.94. The van der Waals surface area contributed by atoms with E-state index in [4.69, 9.17) is 15.6 Å². The SMILES string of the molecule is C[C@H](N)c1ccc(Br)cc1OCCCCCO. The van der Waals surface area contributed by atoms with E-state index in [-0.39, 0.29) is 12.6 Å². The second-order valence-corrected chi connectivity index (χ2v) is 5.02. The molecule has 3 nitrogen and oxygen atoms in total. The lowest BCUT2D eigenvalue weighted by atomic mass is 10.1. The van der Waals surface area contributed by atoms with Crippen LogP contribution >= 0.6 is 15.9 Å². The Morgan fingerprint density at radius 3 is 2.76 bits per heavy atom. The maximum absolute atomic E-state index is 8.67. The van der Waals surface area contributed by atoms with Crippen molar-refractivity contribution >= 4 is 15.9 Å². The fourth-order valence-corrected chi connectivity index (χ4v) is 1.92. The van der Waals surface area contributed by atoms with Crippen LogP contribution in [0.2, 0.25) is 0 Å². The predicted molar refractivity (Wildman–Crippen MR) is 73.2 cm³/mol. The topological polar surface area (TPSA) is 55.5 Å². The average Bonchev–Trinajstić information content (AvgIpc) is 2.28. The van der Waals surface area contributed by atoms with Crippen molar-refractivity contribution in [1.82, 2.24) is 0 Å². The molecule has 0 bridgehead atoms. The maximum atomic E-state index is 8.67. The molecule has 0 saturated carbocycles. The van der Waals surface area contributed by atoms with Crippen LogP contribution in [0.25, 0.3) is 0 Å². The molecule has 3 N–H and O–H groups in total. The number of nitrogens with two attached hydrogens (primary N) is 1. The fraction of sp³-hybridized carbons (Fsp3) is 0.538. The van der Waals surface area contributed by atoms with Crippen molar-refractivity contribution < 1.29 is 9.84 Å². The Morgan fingerprint density at radius 2 is 2.12 bits per heavy atom. The Labute approximate surface area is 111 Å². The summed E-state index contributed by atoms with van der Waals surface area (Å²) < 4.78 is 6.73. The quantitative estimate of drug-likeness (QED) is 0.761. The number of rotatable bonds is 7. The minimum Gasteiger partial charge on any atom is -0.493 e. The van der Waals surface area contributed by atoms with Gasteiger partial charge >= 0.3 is 0 Å². The molecule has 4 heteroatoms. The summed E-state index contributed by atoms with van der Waals surface area (Å²) in [6.07, 6.45) is 2.77. The van der Waals surface area contributed by atoms with Gasteiger partial charge in [0.1, 0.15) is 5.75 Å². The fourth-order valence-electron chi connectivity index (χ4n) is 1.58. The predicted octanol–water partition coefficient (Wildman–Crippen LogP) is 3.01. The molecule has 17 heavy (non-hydrogen) atoms. The minimum absolute atomic E-state index is 0.0319. The van der Waals surface area contributed by atoms with Gasteiger partial charge in [-0.3, -0.25) is 0 Å². The summed E-state index contributed by atoms with van der Waals surface area (Å²) in [7, 11) is 0. The van der Waals surface area contributed by atoms with E-state index in [0.717, 1.165) is 35.0 Å². The number of aliphatic hydroxyl groups excluding tert-OH is 1. The highest BCUT2D eigenvalue weighted by Crippen LogP contribution is 2.27. The summed E-state index contributed by atoms with van der Waals surface area (Å²) >= 11 is 3.43. The van der Waals surface area contributed by atoms with Crippen LogP contribution < -0.4 is 10.5 Å². The van der Waals surface area contributed by atoms with Gasteiger partial charge in [-0.25, -0.2) is 0 Å². The lowest BCUT2D eigenvalue weighted by Gasteiger charge is -2.14. The molecule has 1 atom stereocenters. The minimum atomic E-state index is -0.0319. The van der Waals surface area contributed by atoms with Gasteiger partial charge in [0, 0.05) is 22.7 Å². The number of halogens is 1. The van der Waals surface area contributed by atoms with Crippen molar-refractivity contribution in [3.05, 3.63) is 28.2 Å². The number of ether oxygens (including phenoxy) is 1. The highest BCUT2D eigenvalue weighted by atomic mass is 79.9. The van der Waals surface area contributed by atoms with Crippen molar-refractivity contribution in [1.29, 1.82) is 0 Å². The van der Waals surface area contributed by atoms with Crippen molar-refractivity contribution in [3.8, 4) is 5.75 Å². The van der Waals surface area contributed by atoms with Crippen LogP contribution in [0, 0.1) is 0 Å². The molecular weight excluding hydrogens is 282 g/mol. The first kappa shape index (κ1) is 14.5. The molecule has 0 spiro atoms. The highest BCUT2D eigenvalue weighted by Gasteiger charge is 2.08. The molecule has 0 amide bonds. The molecular formula is C13H20BrNO2. The second-order valence-electron chi connectivity index (χ2n) is 4.10. The zero-order valence-corrected chi connectivity index (χ0v) is 11.7. The van der Waals surface area contributed by atoms with Crippen molar-refractivity contribution in [2.24, 2.45) is 5.73 Å². The van der Waals surface area contributed by atoms with Crippen molar-refractivity contribution in [2.45, 2.75) is 32.2 Å². The molecule has 0 saturated heterocycles. The second kappa shape index (κ2) is 7.69. The van der Waals surface area contributed by atoms with E-state index >= 15 is 0 Å². The van der Waals surface area contributed by atoms with Gasteiger partial charge in [0.25, 0.3) is 0 Å². The van der Waals surface area contributed by atoms with Gasteiger partial charge in [-0.1, -0.05) is 22.0 Å². The van der Waals surface area contributed by atoms with Crippen molar-refractivity contribution in [2.75, 3.05) is 13.2 Å². The van der Waals surface area contributed by atoms with Gasteiger partial charge in [0.2, 0.25) is 0 Å². The molecule has 0 aliphatic rings. The molecule has 0 radical (unpaired) electrons. The Kier molecular flexibility index (Phi) is 6.55. The standard InChI is InChI=1S/C13H20BrNO2/c1-10(15)12-6-5-11(14)9-13(12)17-8-4-2-3-7-16/h5-6,9-10,16H,2-4,7-8,15H2,1H3/t10-/m0/s1. The van der Waals surface area contributed by atoms with Crippen LogP contribution in [-0.4, -0.2) is 18.3 Å². The van der Waals surface area contributed by atoms with Gasteiger partial charge < -0.3 is 15.6 Å². The van der Waals surface area contributed by atoms with E-state index in [1.165, 1.54) is 0 Å². The van der Waals surface area contributed by atoms with Gasteiger partial charge in [0.05, 0.1) is 6.61 Å². The van der Waals surface area contributed by atoms with Gasteiger partial charge in [-0.15, -0.1) is 0 Å². The van der Waals surface area contributed by atoms with Gasteiger partial charge in [-0.2, -0.15) is 0 Å². The Morgan fingerprint density at radius 1 is 1.35 bits per heavy atom. The third kappa shape index (κ3) is 5.06. The van der Waals surface area contributed by atoms with Crippen LogP contribution in [0.3, 0.4) is 0 Å². The largest absolute Gasteiger partial charge is 0.493 e. The van der Waals surface area contributed by atoms with E-state index in [1.54, 1.807) is 0 Å². The van der Waals surface area contributed by atoms with Crippen LogP contribution in [0.1, 0.15) is 37.8 Å². The normalized spacial score (nSPS) is 12.5. The first-order valence-corrected chi connectivity index (χ1v) is 6.73. The molecule has 96 valence electrons. The van der Waals surface area contributed by atoms with Crippen LogP contribution in [0.5, 0.6) is 5.75 Å². The van der Waals surface area contributed by atoms with E-state index < -0.39 is 0 Å². The van der Waals surface area contributed by atoms with E-state index in [9.17, 15) is 0 Å². The van der Waals surface area contributed by atoms with E-state index in [1.807, 2.05) is 25.1 Å². The third-order valence-corrected chi connectivity index (χ3v) is 3.02. The first-order chi connectivity index (χ1) is 8.15. The summed E-state index contributed by atoms with van der Waals surface area (Å²) in [5.41, 5.74) is 6.91. The number of aliphatic hydroxyl groups is 1. The smallest absolute Gasteiger partial charge is 0.125 e. The Balaban J connectivity index is 2.53. The molecule has 0 heterocycles. The number of benzene rings is 1. The average molecular weight is 302 g/mol. The molecule has 0 aliphatic carbocycles. The molecule has 1 aromatic rings. The van der Waals surface area contributed by atoms with Gasteiger partial charge in [0.15, 0.2) is 0 Å². The number of unbranched alkanes of at least 4 members (excludes halogenated alkanes) is 2. The lowest BCUT2D eigenvalue weighted by Crippen LogP contribution is -2.08. The molecule has 0 unspecified atom stereocenters. The summed E-state index contributed by atoms with van der Waals surface area (Å²) in [5.74, 6) is 0.846. The van der Waals surface area contributed by atoms with E-state index in [2.05, 4.69) is 15.9 Å².